The SMILES string of the molecule is CN(C)S(=O)(=O)Nc1cccc(-c2nc(/C=C3\SC(=NCC(C)(C)CO)NC3=O)cs2)c1. The van der Waals surface area contributed by atoms with E-state index in [9.17, 15) is 18.3 Å². The van der Waals surface area contributed by atoms with E-state index in [-0.39, 0.29) is 17.9 Å². The summed E-state index contributed by atoms with van der Waals surface area (Å²) in [6.45, 7) is 4.19. The first-order valence-corrected chi connectivity index (χ1v) is 12.8. The molecule has 1 aromatic heterocycles. The van der Waals surface area contributed by atoms with Crippen LogP contribution in [-0.4, -0.2) is 61.1 Å². The zero-order valence-corrected chi connectivity index (χ0v) is 20.6. The Bertz CT molecular complexity index is 1170. The fourth-order valence-electron chi connectivity index (χ4n) is 2.41. The quantitative estimate of drug-likeness (QED) is 0.484. The minimum Gasteiger partial charge on any atom is -0.396 e. The Kier molecular flexibility index (Phi) is 7.40. The molecule has 3 N–H and O–H groups in total. The molecule has 32 heavy (non-hydrogen) atoms. The number of rotatable bonds is 8. The Balaban J connectivity index is 1.75. The van der Waals surface area contributed by atoms with Gasteiger partial charge in [-0.1, -0.05) is 26.0 Å². The molecule has 1 aliphatic rings. The largest absolute Gasteiger partial charge is 0.396 e. The molecule has 0 aliphatic carbocycles. The van der Waals surface area contributed by atoms with Crippen molar-refractivity contribution in [3.8, 4) is 10.6 Å². The molecule has 0 radical (unpaired) electrons. The summed E-state index contributed by atoms with van der Waals surface area (Å²) in [4.78, 5) is 21.7. The first-order chi connectivity index (χ1) is 15.0. The van der Waals surface area contributed by atoms with E-state index >= 15 is 0 Å². The van der Waals surface area contributed by atoms with Crippen molar-refractivity contribution in [1.82, 2.24) is 14.6 Å². The molecular weight excluding hydrogens is 470 g/mol. The third kappa shape index (κ3) is 6.17. The lowest BCUT2D eigenvalue weighted by Crippen LogP contribution is -2.28. The van der Waals surface area contributed by atoms with Gasteiger partial charge in [0.25, 0.3) is 5.91 Å². The second-order valence-electron chi connectivity index (χ2n) is 8.06. The molecule has 0 saturated carbocycles. The predicted octanol–water partition coefficient (Wildman–Crippen LogP) is 2.61. The van der Waals surface area contributed by atoms with Gasteiger partial charge in [-0.2, -0.15) is 12.7 Å². The van der Waals surface area contributed by atoms with Crippen LogP contribution in [0, 0.1) is 5.41 Å². The number of aliphatic hydroxyl groups excluding tert-OH is 1. The van der Waals surface area contributed by atoms with Gasteiger partial charge in [0.15, 0.2) is 5.17 Å². The predicted molar refractivity (Wildman–Crippen MR) is 131 cm³/mol. The molecule has 12 heteroatoms. The minimum atomic E-state index is -3.60. The molecule has 1 saturated heterocycles. The molecule has 9 nitrogen and oxygen atoms in total. The van der Waals surface area contributed by atoms with Crippen molar-refractivity contribution in [3.05, 3.63) is 40.2 Å². The number of nitrogens with one attached hydrogen (secondary N) is 2. The molecule has 0 atom stereocenters. The normalized spacial score (nSPS) is 17.4. The number of hydrogen-bond donors (Lipinski definition) is 3. The van der Waals surface area contributed by atoms with Gasteiger partial charge in [0.1, 0.15) is 5.01 Å². The van der Waals surface area contributed by atoms with Gasteiger partial charge in [0.05, 0.1) is 16.3 Å². The smallest absolute Gasteiger partial charge is 0.301 e. The number of aliphatic imine (C=N–C) groups is 1. The Hall–Kier alpha value is -2.25. The zero-order chi connectivity index (χ0) is 23.5. The van der Waals surface area contributed by atoms with E-state index in [2.05, 4.69) is 20.0 Å². The van der Waals surface area contributed by atoms with Crippen molar-refractivity contribution in [2.45, 2.75) is 13.8 Å². The average molecular weight is 496 g/mol. The minimum absolute atomic E-state index is 0.00445. The van der Waals surface area contributed by atoms with Gasteiger partial charge in [-0.3, -0.25) is 14.5 Å². The molecule has 0 bridgehead atoms. The number of amidine groups is 1. The van der Waals surface area contributed by atoms with Crippen LogP contribution in [0.3, 0.4) is 0 Å². The van der Waals surface area contributed by atoms with Gasteiger partial charge < -0.3 is 10.4 Å². The molecule has 0 unspecified atom stereocenters. The Morgan fingerprint density at radius 3 is 2.78 bits per heavy atom. The molecule has 1 fully saturated rings. The summed E-state index contributed by atoms with van der Waals surface area (Å²) in [5, 5.41) is 15.1. The van der Waals surface area contributed by atoms with Crippen LogP contribution < -0.4 is 10.0 Å². The number of carbonyl (C=O) groups is 1. The monoisotopic (exact) mass is 495 g/mol. The van der Waals surface area contributed by atoms with Crippen molar-refractivity contribution in [2.24, 2.45) is 10.4 Å². The molecular formula is C20H25N5O4S3. The number of hydrogen-bond acceptors (Lipinski definition) is 8. The molecule has 172 valence electrons. The maximum Gasteiger partial charge on any atom is 0.301 e. The Labute approximate surface area is 195 Å². The summed E-state index contributed by atoms with van der Waals surface area (Å²) >= 11 is 2.63. The number of thioether (sulfide) groups is 1. The van der Waals surface area contributed by atoms with Crippen molar-refractivity contribution >= 4 is 56.1 Å². The van der Waals surface area contributed by atoms with Crippen LogP contribution >= 0.6 is 23.1 Å². The van der Waals surface area contributed by atoms with Crippen LogP contribution in [0.4, 0.5) is 5.69 Å². The highest BCUT2D eigenvalue weighted by molar-refractivity contribution is 8.18. The summed E-state index contributed by atoms with van der Waals surface area (Å²) in [5.41, 5.74) is 1.46. The van der Waals surface area contributed by atoms with Gasteiger partial charge in [-0.05, 0) is 30.0 Å². The van der Waals surface area contributed by atoms with Gasteiger partial charge >= 0.3 is 10.2 Å². The second-order valence-corrected chi connectivity index (χ2v) is 11.8. The Morgan fingerprint density at radius 2 is 2.09 bits per heavy atom. The number of carbonyl (C=O) groups excluding carboxylic acids is 1. The molecule has 1 aliphatic heterocycles. The first-order valence-electron chi connectivity index (χ1n) is 9.61. The summed E-state index contributed by atoms with van der Waals surface area (Å²) in [5.74, 6) is -0.245. The first kappa shape index (κ1) is 24.4. The van der Waals surface area contributed by atoms with Crippen LogP contribution in [0.25, 0.3) is 16.6 Å². The van der Waals surface area contributed by atoms with Crippen LogP contribution in [0.5, 0.6) is 0 Å². The number of aliphatic hydroxyl groups is 1. The highest BCUT2D eigenvalue weighted by Gasteiger charge is 2.25. The molecule has 3 rings (SSSR count). The zero-order valence-electron chi connectivity index (χ0n) is 18.1. The number of benzene rings is 1. The lowest BCUT2D eigenvalue weighted by atomic mass is 9.95. The number of amides is 1. The van der Waals surface area contributed by atoms with Gasteiger partial charge in [0.2, 0.25) is 0 Å². The number of anilines is 1. The summed E-state index contributed by atoms with van der Waals surface area (Å²) in [7, 11) is -0.700. The highest BCUT2D eigenvalue weighted by Crippen LogP contribution is 2.30. The van der Waals surface area contributed by atoms with Gasteiger partial charge in [0, 0.05) is 43.6 Å². The van der Waals surface area contributed by atoms with E-state index in [1.165, 1.54) is 37.2 Å². The van der Waals surface area contributed by atoms with E-state index in [1.54, 1.807) is 24.3 Å². The Morgan fingerprint density at radius 1 is 1.34 bits per heavy atom. The van der Waals surface area contributed by atoms with Crippen LogP contribution in [0.2, 0.25) is 0 Å². The maximum atomic E-state index is 12.3. The lowest BCUT2D eigenvalue weighted by Gasteiger charge is -2.18. The number of aromatic nitrogens is 1. The number of thiazole rings is 1. The summed E-state index contributed by atoms with van der Waals surface area (Å²) < 4.78 is 27.7. The van der Waals surface area contributed by atoms with Crippen molar-refractivity contribution in [3.63, 3.8) is 0 Å². The topological polar surface area (TPSA) is 124 Å². The van der Waals surface area contributed by atoms with Crippen LogP contribution in [0.15, 0.2) is 39.5 Å². The molecule has 1 aromatic carbocycles. The van der Waals surface area contributed by atoms with E-state index in [1.807, 2.05) is 25.3 Å². The van der Waals surface area contributed by atoms with Crippen molar-refractivity contribution < 1.29 is 18.3 Å². The van der Waals surface area contributed by atoms with Crippen molar-refractivity contribution in [2.75, 3.05) is 32.0 Å². The van der Waals surface area contributed by atoms with Gasteiger partial charge in [-0.15, -0.1) is 11.3 Å². The average Bonchev–Trinajstić information content (AvgIpc) is 3.33. The molecule has 2 heterocycles. The molecule has 0 spiro atoms. The maximum absolute atomic E-state index is 12.3. The summed E-state index contributed by atoms with van der Waals surface area (Å²) in [6.07, 6.45) is 1.69. The van der Waals surface area contributed by atoms with Crippen LogP contribution in [-0.2, 0) is 15.0 Å². The fourth-order valence-corrected chi connectivity index (χ4v) is 4.60. The summed E-state index contributed by atoms with van der Waals surface area (Å²) in [6, 6.07) is 6.97. The third-order valence-corrected chi connectivity index (χ3v) is 7.68. The van der Waals surface area contributed by atoms with E-state index in [0.29, 0.717) is 33.0 Å². The van der Waals surface area contributed by atoms with Crippen LogP contribution in [0.1, 0.15) is 19.5 Å². The molecule has 2 aromatic rings. The second kappa shape index (κ2) is 9.71. The highest BCUT2D eigenvalue weighted by atomic mass is 32.2. The molecule has 1 amide bonds. The van der Waals surface area contributed by atoms with E-state index < -0.39 is 10.2 Å². The number of nitrogens with zero attached hydrogens (tertiary/aromatic N) is 3. The van der Waals surface area contributed by atoms with Gasteiger partial charge in [-0.25, -0.2) is 4.98 Å². The van der Waals surface area contributed by atoms with E-state index in [4.69, 9.17) is 0 Å². The van der Waals surface area contributed by atoms with Crippen molar-refractivity contribution in [1.29, 1.82) is 0 Å². The fraction of sp³-hybridized carbons (Fsp3) is 0.350. The standard InChI is InChI=1S/C20H25N5O4S3/c1-20(2,12-26)11-21-19-23-17(27)16(31-19)9-15-10-30-18(22-15)13-6-5-7-14(8-13)24-32(28,29)25(3)4/h5-10,24,26H,11-12H2,1-4H3,(H,21,23,27)/b16-9-. The van der Waals surface area contributed by atoms with E-state index in [0.717, 1.165) is 9.87 Å². The lowest BCUT2D eigenvalue weighted by molar-refractivity contribution is -0.115. The third-order valence-electron chi connectivity index (χ3n) is 4.37.